The van der Waals surface area contributed by atoms with Gasteiger partial charge in [0.2, 0.25) is 5.91 Å². The SMILES string of the molecule is NC(=O)c1cc[n+](CCCC[n+]2ccc(C=NO)c(Cl)c2)cc1. The second-order valence-electron chi connectivity index (χ2n) is 5.13. The number of oxime groups is 1. The number of hydrogen-bond donors (Lipinski definition) is 2. The monoisotopic (exact) mass is 334 g/mol. The summed E-state index contributed by atoms with van der Waals surface area (Å²) in [7, 11) is 0. The van der Waals surface area contributed by atoms with Crippen LogP contribution in [0.4, 0.5) is 0 Å². The Bertz CT molecular complexity index is 702. The molecule has 2 aromatic heterocycles. The molecule has 23 heavy (non-hydrogen) atoms. The van der Waals surface area contributed by atoms with Gasteiger partial charge >= 0.3 is 0 Å². The Balaban J connectivity index is 1.81. The molecule has 0 radical (unpaired) electrons. The standard InChI is InChI=1S/C16H17ClN4O2/c17-15-12-21(10-5-14(15)11-19-23)7-2-1-6-20-8-3-13(4-9-20)16(18)22/h3-5,8-12H,1-2,6-7H2,(H-,18,22)/p+2. The molecule has 2 aromatic rings. The van der Waals surface area contributed by atoms with Gasteiger partial charge in [0.05, 0.1) is 11.8 Å². The van der Waals surface area contributed by atoms with Crippen molar-refractivity contribution in [3.8, 4) is 0 Å². The molecule has 2 heterocycles. The molecule has 3 N–H and O–H groups in total. The van der Waals surface area contributed by atoms with Crippen LogP contribution in [-0.4, -0.2) is 17.3 Å². The van der Waals surface area contributed by atoms with E-state index in [4.69, 9.17) is 22.5 Å². The number of nitrogens with two attached hydrogens (primary N) is 1. The molecule has 7 heteroatoms. The number of primary amides is 1. The van der Waals surface area contributed by atoms with Gasteiger partial charge < -0.3 is 10.9 Å². The minimum Gasteiger partial charge on any atom is -0.411 e. The summed E-state index contributed by atoms with van der Waals surface area (Å²) in [6, 6.07) is 5.25. The highest BCUT2D eigenvalue weighted by Crippen LogP contribution is 2.10. The van der Waals surface area contributed by atoms with Gasteiger partial charge in [0, 0.05) is 36.6 Å². The lowest BCUT2D eigenvalue weighted by Gasteiger charge is -2.00. The summed E-state index contributed by atoms with van der Waals surface area (Å²) < 4.78 is 4.02. The molecule has 0 unspecified atom stereocenters. The van der Waals surface area contributed by atoms with Gasteiger partial charge in [0.25, 0.3) is 0 Å². The maximum atomic E-state index is 11.0. The molecule has 0 atom stereocenters. The minimum atomic E-state index is -0.417. The molecule has 0 saturated carbocycles. The van der Waals surface area contributed by atoms with E-state index in [-0.39, 0.29) is 0 Å². The Morgan fingerprint density at radius 3 is 2.35 bits per heavy atom. The van der Waals surface area contributed by atoms with Crippen molar-refractivity contribution >= 4 is 23.7 Å². The molecule has 6 nitrogen and oxygen atoms in total. The first-order chi connectivity index (χ1) is 11.1. The van der Waals surface area contributed by atoms with Crippen LogP contribution in [0.3, 0.4) is 0 Å². The maximum absolute atomic E-state index is 11.0. The number of unbranched alkanes of at least 4 members (excludes halogenated alkanes) is 1. The lowest BCUT2D eigenvalue weighted by molar-refractivity contribution is -0.708. The lowest BCUT2D eigenvalue weighted by atomic mass is 10.2. The number of hydrogen-bond acceptors (Lipinski definition) is 3. The van der Waals surface area contributed by atoms with E-state index >= 15 is 0 Å². The van der Waals surface area contributed by atoms with E-state index < -0.39 is 5.91 Å². The summed E-state index contributed by atoms with van der Waals surface area (Å²) in [6.07, 6.45) is 10.7. The molecule has 1 amide bonds. The van der Waals surface area contributed by atoms with E-state index in [1.807, 2.05) is 33.9 Å². The highest BCUT2D eigenvalue weighted by molar-refractivity contribution is 6.32. The fourth-order valence-electron chi connectivity index (χ4n) is 2.18. The van der Waals surface area contributed by atoms with E-state index in [0.29, 0.717) is 16.1 Å². The number of nitrogens with zero attached hydrogens (tertiary/aromatic N) is 3. The summed E-state index contributed by atoms with van der Waals surface area (Å²) in [5, 5.41) is 12.0. The van der Waals surface area contributed by atoms with Crippen LogP contribution in [0.5, 0.6) is 0 Å². The molecular weight excluding hydrogens is 316 g/mol. The molecule has 0 bridgehead atoms. The normalized spacial score (nSPS) is 11.0. The predicted octanol–water partition coefficient (Wildman–Crippen LogP) is 1.30. The van der Waals surface area contributed by atoms with E-state index in [9.17, 15) is 4.79 Å². The van der Waals surface area contributed by atoms with Gasteiger partial charge in [-0.2, -0.15) is 0 Å². The number of aromatic nitrogens is 2. The zero-order valence-electron chi connectivity index (χ0n) is 12.6. The Morgan fingerprint density at radius 1 is 1.17 bits per heavy atom. The molecule has 120 valence electrons. The first kappa shape index (κ1) is 16.9. The Kier molecular flexibility index (Phi) is 6.05. The summed E-state index contributed by atoms with van der Waals surface area (Å²) in [5.74, 6) is -0.417. The number of amides is 1. The highest BCUT2D eigenvalue weighted by atomic mass is 35.5. The van der Waals surface area contributed by atoms with Gasteiger partial charge in [0.15, 0.2) is 24.8 Å². The van der Waals surface area contributed by atoms with Crippen LogP contribution in [0, 0.1) is 0 Å². The van der Waals surface area contributed by atoms with Gasteiger partial charge in [-0.05, 0) is 0 Å². The fraction of sp³-hybridized carbons (Fsp3) is 0.250. The summed E-state index contributed by atoms with van der Waals surface area (Å²) in [5.41, 5.74) is 6.40. The number of carbonyl (C=O) groups excluding carboxylic acids is 1. The van der Waals surface area contributed by atoms with Gasteiger partial charge in [-0.25, -0.2) is 9.13 Å². The van der Waals surface area contributed by atoms with Crippen molar-refractivity contribution in [1.82, 2.24) is 0 Å². The number of rotatable bonds is 7. The summed E-state index contributed by atoms with van der Waals surface area (Å²) in [4.78, 5) is 11.0. The Morgan fingerprint density at radius 2 is 1.78 bits per heavy atom. The van der Waals surface area contributed by atoms with Crippen LogP contribution in [0.25, 0.3) is 0 Å². The van der Waals surface area contributed by atoms with E-state index in [2.05, 4.69) is 5.16 Å². The van der Waals surface area contributed by atoms with Crippen LogP contribution < -0.4 is 14.9 Å². The predicted molar refractivity (Wildman–Crippen MR) is 85.4 cm³/mol. The van der Waals surface area contributed by atoms with Crippen LogP contribution in [-0.2, 0) is 13.1 Å². The smallest absolute Gasteiger partial charge is 0.249 e. The van der Waals surface area contributed by atoms with E-state index in [1.54, 1.807) is 18.2 Å². The fourth-order valence-corrected chi connectivity index (χ4v) is 2.42. The van der Waals surface area contributed by atoms with Crippen molar-refractivity contribution in [2.45, 2.75) is 25.9 Å². The molecule has 0 aromatic carbocycles. The van der Waals surface area contributed by atoms with Crippen molar-refractivity contribution in [3.05, 3.63) is 59.1 Å². The summed E-state index contributed by atoms with van der Waals surface area (Å²) in [6.45, 7) is 1.71. The number of aryl methyl sites for hydroxylation is 2. The highest BCUT2D eigenvalue weighted by Gasteiger charge is 2.08. The third kappa shape index (κ3) is 5.03. The first-order valence-corrected chi connectivity index (χ1v) is 7.63. The summed E-state index contributed by atoms with van der Waals surface area (Å²) >= 11 is 6.09. The molecule has 0 spiro atoms. The van der Waals surface area contributed by atoms with Crippen LogP contribution in [0.15, 0.2) is 48.1 Å². The number of halogens is 1. The molecule has 2 rings (SSSR count). The van der Waals surface area contributed by atoms with Crippen molar-refractivity contribution in [2.24, 2.45) is 10.9 Å². The topological polar surface area (TPSA) is 83.4 Å². The van der Waals surface area contributed by atoms with E-state index in [0.717, 1.165) is 25.9 Å². The third-order valence-corrected chi connectivity index (χ3v) is 3.77. The Labute approximate surface area is 139 Å². The quantitative estimate of drug-likeness (QED) is 0.263. The third-order valence-electron chi connectivity index (χ3n) is 3.46. The molecule has 0 aliphatic rings. The van der Waals surface area contributed by atoms with Crippen LogP contribution >= 0.6 is 11.6 Å². The van der Waals surface area contributed by atoms with Crippen LogP contribution in [0.1, 0.15) is 28.8 Å². The average Bonchev–Trinajstić information content (AvgIpc) is 2.54. The molecule has 0 aliphatic carbocycles. The van der Waals surface area contributed by atoms with Crippen molar-refractivity contribution < 1.29 is 19.1 Å². The van der Waals surface area contributed by atoms with Crippen molar-refractivity contribution in [1.29, 1.82) is 0 Å². The molecular formula is C16H19ClN4O2+2. The van der Waals surface area contributed by atoms with Gasteiger partial charge in [0.1, 0.15) is 18.1 Å². The second kappa shape index (κ2) is 8.24. The van der Waals surface area contributed by atoms with Gasteiger partial charge in [-0.3, -0.25) is 4.79 Å². The molecule has 0 saturated heterocycles. The number of carbonyl (C=O) groups is 1. The largest absolute Gasteiger partial charge is 0.411 e. The first-order valence-electron chi connectivity index (χ1n) is 7.25. The second-order valence-corrected chi connectivity index (χ2v) is 5.53. The zero-order valence-corrected chi connectivity index (χ0v) is 13.4. The lowest BCUT2D eigenvalue weighted by Crippen LogP contribution is -2.36. The Hall–Kier alpha value is -2.47. The van der Waals surface area contributed by atoms with E-state index in [1.165, 1.54) is 6.21 Å². The van der Waals surface area contributed by atoms with Crippen molar-refractivity contribution in [3.63, 3.8) is 0 Å². The maximum Gasteiger partial charge on any atom is 0.249 e. The van der Waals surface area contributed by atoms with Gasteiger partial charge in [-0.15, -0.1) is 0 Å². The van der Waals surface area contributed by atoms with Gasteiger partial charge in [-0.1, -0.05) is 16.8 Å². The molecule has 0 aliphatic heterocycles. The van der Waals surface area contributed by atoms with Crippen molar-refractivity contribution in [2.75, 3.05) is 0 Å². The molecule has 0 fully saturated rings. The number of pyridine rings is 2. The van der Waals surface area contributed by atoms with Crippen LogP contribution in [0.2, 0.25) is 5.02 Å². The zero-order chi connectivity index (χ0) is 16.7. The average molecular weight is 335 g/mol. The minimum absolute atomic E-state index is 0.417.